The van der Waals surface area contributed by atoms with Crippen LogP contribution in [0.15, 0.2) is 103 Å². The van der Waals surface area contributed by atoms with Gasteiger partial charge in [-0.05, 0) is 51.3 Å². The maximum Gasteiger partial charge on any atom is 0.261 e. The molecule has 0 aliphatic heterocycles. The normalized spacial score (nSPS) is 11.8. The van der Waals surface area contributed by atoms with Gasteiger partial charge in [0.15, 0.2) is 0 Å². The van der Waals surface area contributed by atoms with Gasteiger partial charge < -0.3 is 19.5 Å². The quantitative estimate of drug-likeness (QED) is 0.142. The van der Waals surface area contributed by atoms with Crippen molar-refractivity contribution in [1.82, 2.24) is 10.2 Å². The molecule has 0 saturated heterocycles. The summed E-state index contributed by atoms with van der Waals surface area (Å²) in [5, 5.41) is 5.36. The fraction of sp³-hybridized carbons (Fsp3) is 0.237. The Morgan fingerprint density at radius 3 is 1.90 bits per heavy atom. The third kappa shape index (κ3) is 8.25. The van der Waals surface area contributed by atoms with Gasteiger partial charge in [-0.2, -0.15) is 0 Å². The third-order valence-electron chi connectivity index (χ3n) is 8.16. The van der Waals surface area contributed by atoms with Crippen LogP contribution < -0.4 is 20.6 Å². The fourth-order valence-electron chi connectivity index (χ4n) is 5.56. The molecule has 3 amide bonds. The van der Waals surface area contributed by atoms with Crippen LogP contribution in [0.4, 0.5) is 5.69 Å². The molecule has 250 valence electrons. The molecule has 0 heterocycles. The van der Waals surface area contributed by atoms with Crippen molar-refractivity contribution < 1.29 is 18.8 Å². The molecule has 0 bridgehead atoms. The SMILES string of the molecule is CN(C)C(=O)c1ccc(/C=C/C(=O)NCC(=O)N(C)c2ccc(Cl)c(CO[Si](c3ccccc3)(c3ccccc3)C(C)(C)C)c2Cl)cc1. The number of amides is 3. The van der Waals surface area contributed by atoms with Crippen LogP contribution in [0.1, 0.15) is 42.3 Å². The lowest BCUT2D eigenvalue weighted by atomic mass is 10.1. The monoisotopic (exact) mass is 701 g/mol. The highest BCUT2D eigenvalue weighted by Gasteiger charge is 2.50. The van der Waals surface area contributed by atoms with Crippen LogP contribution in [-0.4, -0.2) is 58.6 Å². The van der Waals surface area contributed by atoms with Gasteiger partial charge in [-0.15, -0.1) is 0 Å². The number of carbonyl (C=O) groups excluding carboxylic acids is 3. The minimum absolute atomic E-state index is 0.106. The molecule has 0 spiro atoms. The summed E-state index contributed by atoms with van der Waals surface area (Å²) in [5.41, 5.74) is 2.32. The number of hydrogen-bond acceptors (Lipinski definition) is 4. The molecule has 0 aliphatic carbocycles. The Morgan fingerprint density at radius 2 is 1.38 bits per heavy atom. The summed E-state index contributed by atoms with van der Waals surface area (Å²) in [4.78, 5) is 40.7. The number of benzene rings is 4. The minimum Gasteiger partial charge on any atom is -0.403 e. The molecule has 10 heteroatoms. The van der Waals surface area contributed by atoms with Crippen LogP contribution in [0.5, 0.6) is 0 Å². The Kier molecular flexibility index (Phi) is 12.0. The average Bonchev–Trinajstić information content (AvgIpc) is 3.07. The van der Waals surface area contributed by atoms with Crippen molar-refractivity contribution in [2.24, 2.45) is 0 Å². The molecule has 0 unspecified atom stereocenters. The first-order valence-electron chi connectivity index (χ1n) is 15.5. The second-order valence-electron chi connectivity index (χ2n) is 12.6. The summed E-state index contributed by atoms with van der Waals surface area (Å²) in [6.45, 7) is 6.46. The summed E-state index contributed by atoms with van der Waals surface area (Å²) in [6, 6.07) is 30.8. The van der Waals surface area contributed by atoms with Gasteiger partial charge in [0.2, 0.25) is 11.8 Å². The van der Waals surface area contributed by atoms with E-state index in [0.29, 0.717) is 26.9 Å². The van der Waals surface area contributed by atoms with Gasteiger partial charge >= 0.3 is 0 Å². The first-order valence-corrected chi connectivity index (χ1v) is 18.2. The molecular weight excluding hydrogens is 661 g/mol. The molecule has 4 rings (SSSR count). The predicted molar refractivity (Wildman–Crippen MR) is 199 cm³/mol. The van der Waals surface area contributed by atoms with E-state index in [2.05, 4.69) is 50.4 Å². The molecule has 4 aromatic carbocycles. The highest BCUT2D eigenvalue weighted by Crippen LogP contribution is 2.40. The number of nitrogens with zero attached hydrogens (tertiary/aromatic N) is 2. The van der Waals surface area contributed by atoms with E-state index < -0.39 is 14.2 Å². The van der Waals surface area contributed by atoms with E-state index in [1.807, 2.05) is 36.4 Å². The van der Waals surface area contributed by atoms with Gasteiger partial charge in [0.1, 0.15) is 0 Å². The summed E-state index contributed by atoms with van der Waals surface area (Å²) in [6.07, 6.45) is 2.95. The first kappa shape index (κ1) is 36.6. The Balaban J connectivity index is 1.49. The molecule has 0 aliphatic rings. The first-order chi connectivity index (χ1) is 22.8. The van der Waals surface area contributed by atoms with Crippen LogP contribution in [0.25, 0.3) is 6.08 Å². The van der Waals surface area contributed by atoms with Crippen molar-refractivity contribution in [3.63, 3.8) is 0 Å². The zero-order chi connectivity index (χ0) is 35.1. The molecule has 0 atom stereocenters. The van der Waals surface area contributed by atoms with E-state index >= 15 is 0 Å². The van der Waals surface area contributed by atoms with Crippen molar-refractivity contribution in [3.05, 3.63) is 130 Å². The van der Waals surface area contributed by atoms with Crippen molar-refractivity contribution in [3.8, 4) is 0 Å². The summed E-state index contributed by atoms with van der Waals surface area (Å²) in [5.74, 6) is -0.913. The third-order valence-corrected chi connectivity index (χ3v) is 13.9. The number of hydrogen-bond donors (Lipinski definition) is 1. The fourth-order valence-corrected chi connectivity index (χ4v) is 10.7. The van der Waals surface area contributed by atoms with E-state index in [0.717, 1.165) is 15.9 Å². The highest BCUT2D eigenvalue weighted by atomic mass is 35.5. The van der Waals surface area contributed by atoms with Gasteiger partial charge in [-0.25, -0.2) is 0 Å². The number of rotatable bonds is 11. The van der Waals surface area contributed by atoms with Gasteiger partial charge in [0, 0.05) is 43.4 Å². The topological polar surface area (TPSA) is 79.0 Å². The van der Waals surface area contributed by atoms with E-state index in [4.69, 9.17) is 27.6 Å². The molecule has 0 aromatic heterocycles. The number of likely N-dealkylation sites (N-methyl/N-ethyl adjacent to an activating group) is 1. The molecule has 0 saturated carbocycles. The van der Waals surface area contributed by atoms with Crippen LogP contribution in [-0.2, 0) is 20.6 Å². The second kappa shape index (κ2) is 15.8. The zero-order valence-corrected chi connectivity index (χ0v) is 30.6. The van der Waals surface area contributed by atoms with Crippen LogP contribution in [0.2, 0.25) is 15.1 Å². The van der Waals surface area contributed by atoms with Gasteiger partial charge in [-0.1, -0.05) is 117 Å². The van der Waals surface area contributed by atoms with E-state index in [9.17, 15) is 14.4 Å². The number of nitrogens with one attached hydrogen (secondary N) is 1. The Bertz CT molecular complexity index is 1730. The minimum atomic E-state index is -2.88. The van der Waals surface area contributed by atoms with Crippen molar-refractivity contribution in [2.75, 3.05) is 32.6 Å². The average molecular weight is 703 g/mol. The molecular formula is C38H41Cl2N3O4Si. The van der Waals surface area contributed by atoms with Crippen molar-refractivity contribution >= 4 is 71.4 Å². The van der Waals surface area contributed by atoms with Gasteiger partial charge in [0.25, 0.3) is 14.2 Å². The highest BCUT2D eigenvalue weighted by molar-refractivity contribution is 6.99. The largest absolute Gasteiger partial charge is 0.403 e. The summed E-state index contributed by atoms with van der Waals surface area (Å²) < 4.78 is 7.06. The molecule has 4 aromatic rings. The maximum atomic E-state index is 13.2. The molecule has 7 nitrogen and oxygen atoms in total. The predicted octanol–water partition coefficient (Wildman–Crippen LogP) is 6.56. The van der Waals surface area contributed by atoms with Crippen LogP contribution >= 0.6 is 23.2 Å². The van der Waals surface area contributed by atoms with Crippen molar-refractivity contribution in [1.29, 1.82) is 0 Å². The Morgan fingerprint density at radius 1 is 0.812 bits per heavy atom. The maximum absolute atomic E-state index is 13.2. The summed E-state index contributed by atoms with van der Waals surface area (Å²) in [7, 11) is 2.09. The van der Waals surface area contributed by atoms with Crippen molar-refractivity contribution in [2.45, 2.75) is 32.4 Å². The summed E-state index contributed by atoms with van der Waals surface area (Å²) >= 11 is 13.7. The Hall–Kier alpha value is -4.21. The molecule has 48 heavy (non-hydrogen) atoms. The van der Waals surface area contributed by atoms with Gasteiger partial charge in [0.05, 0.1) is 23.9 Å². The van der Waals surface area contributed by atoms with E-state index in [1.54, 1.807) is 63.6 Å². The van der Waals surface area contributed by atoms with Crippen LogP contribution in [0.3, 0.4) is 0 Å². The standard InChI is InChI=1S/C38H41Cl2N3O4Si/c1-38(2,3)48(29-13-9-7-10-14-29,30-15-11-8-12-16-30)47-26-31-32(39)22-23-33(36(31)40)43(6)35(45)25-41-34(44)24-19-27-17-20-28(21-18-27)37(46)42(4)5/h7-24H,25-26H2,1-6H3,(H,41,44)/b24-19+. The molecule has 1 N–H and O–H groups in total. The van der Waals surface area contributed by atoms with Crippen LogP contribution in [0, 0.1) is 0 Å². The lowest BCUT2D eigenvalue weighted by Crippen LogP contribution is -2.66. The molecule has 0 fully saturated rings. The lowest BCUT2D eigenvalue weighted by Gasteiger charge is -2.43. The second-order valence-corrected chi connectivity index (χ2v) is 17.7. The van der Waals surface area contributed by atoms with Gasteiger partial charge in [-0.3, -0.25) is 14.4 Å². The number of carbonyl (C=O) groups is 3. The van der Waals surface area contributed by atoms with E-state index in [-0.39, 0.29) is 30.0 Å². The lowest BCUT2D eigenvalue weighted by molar-refractivity contribution is -0.122. The van der Waals surface area contributed by atoms with E-state index in [1.165, 1.54) is 15.9 Å². The Labute approximate surface area is 294 Å². The smallest absolute Gasteiger partial charge is 0.261 e. The number of halogens is 2. The molecule has 0 radical (unpaired) electrons. The zero-order valence-electron chi connectivity index (χ0n) is 28.1. The number of anilines is 1.